The molecule has 2 radical (unpaired) electrons. The molecule has 0 saturated carbocycles. The zero-order valence-electron chi connectivity index (χ0n) is 37.2. The molecule has 0 aromatic heterocycles. The SMILES string of the molecule is CC(C)c1cc(C(C)C)c([Si]=[Si](c2c(C(C)C)cc(C(C)C)cc2C(C)C)c2c(C(C)C)cc(C(C)C)cc2C(C)C)c(C(C)C)c1.[CH3][Sn]([CH3])[CH3]. The molecule has 282 valence electrons. The molecule has 3 aromatic carbocycles. The quantitative estimate of drug-likeness (QED) is 0.160. The summed E-state index contributed by atoms with van der Waals surface area (Å²) < 4.78 is 0. The summed E-state index contributed by atoms with van der Waals surface area (Å²) in [6.45, 7) is 43.5. The van der Waals surface area contributed by atoms with Crippen LogP contribution in [0.2, 0.25) is 14.8 Å². The second-order valence-electron chi connectivity index (χ2n) is 18.6. The Labute approximate surface area is 328 Å². The summed E-state index contributed by atoms with van der Waals surface area (Å²) >= 11 is -0.543. The fourth-order valence-corrected chi connectivity index (χ4v) is 15.4. The van der Waals surface area contributed by atoms with Crippen LogP contribution in [0.3, 0.4) is 0 Å². The van der Waals surface area contributed by atoms with Gasteiger partial charge < -0.3 is 0 Å². The first-order chi connectivity index (χ1) is 23.5. The van der Waals surface area contributed by atoms with Crippen LogP contribution in [-0.2, 0) is 0 Å². The second-order valence-corrected chi connectivity index (χ2v) is 31.9. The summed E-state index contributed by atoms with van der Waals surface area (Å²) in [7, 11) is -0.484. The summed E-state index contributed by atoms with van der Waals surface area (Å²) in [5.41, 5.74) is 14.1. The van der Waals surface area contributed by atoms with Crippen LogP contribution in [0.5, 0.6) is 0 Å². The molecule has 3 heteroatoms. The predicted molar refractivity (Wildman–Crippen MR) is 240 cm³/mol. The van der Waals surface area contributed by atoms with Crippen LogP contribution in [0, 0.1) is 0 Å². The van der Waals surface area contributed by atoms with Gasteiger partial charge in [0.15, 0.2) is 0 Å². The van der Waals surface area contributed by atoms with E-state index in [1.807, 2.05) is 0 Å². The molecule has 0 atom stereocenters. The van der Waals surface area contributed by atoms with Crippen LogP contribution in [0.1, 0.15) is 228 Å². The number of hydrogen-bond donors (Lipinski definition) is 0. The number of hydrogen-bond acceptors (Lipinski definition) is 0. The van der Waals surface area contributed by atoms with Crippen molar-refractivity contribution in [3.63, 3.8) is 0 Å². The summed E-state index contributed by atoms with van der Waals surface area (Å²) in [6.07, 6.45) is 0. The standard InChI is InChI=1S/C45H69Si2.3CH3.Sn/c1-25(2)34-19-37(28(7)8)43(38(20-34)29(9)10)46-47(44-39(30(11)12)21-35(26(3)4)22-40(44)31(13)14)45-41(32(15)16)23-36(27(5)6)24-42(45)33(17)18;;;;/h19-33H,1-18H3;3*1H3;. The third-order valence-corrected chi connectivity index (χ3v) is 16.4. The second kappa shape index (κ2) is 20.0. The zero-order chi connectivity index (χ0) is 39.2. The van der Waals surface area contributed by atoms with E-state index in [4.69, 9.17) is 0 Å². The van der Waals surface area contributed by atoms with Gasteiger partial charge in [0.25, 0.3) is 0 Å². The normalized spacial score (nSPS) is 12.2. The molecular formula is C48H78Si2Sn. The van der Waals surface area contributed by atoms with Crippen LogP contribution in [0.25, 0.3) is 0 Å². The molecule has 0 bridgehead atoms. The van der Waals surface area contributed by atoms with Crippen LogP contribution >= 0.6 is 0 Å². The molecular weight excluding hydrogens is 751 g/mol. The van der Waals surface area contributed by atoms with Crippen molar-refractivity contribution in [2.45, 2.75) is 193 Å². The molecule has 0 aliphatic carbocycles. The molecule has 0 N–H and O–H groups in total. The van der Waals surface area contributed by atoms with Crippen molar-refractivity contribution in [2.24, 2.45) is 0 Å². The monoisotopic (exact) mass is 830 g/mol. The van der Waals surface area contributed by atoms with Crippen molar-refractivity contribution < 1.29 is 0 Å². The van der Waals surface area contributed by atoms with Crippen molar-refractivity contribution >= 4 is 51.8 Å². The molecule has 0 unspecified atom stereocenters. The Bertz CT molecular complexity index is 1440. The fraction of sp³-hybridized carbons (Fsp3) is 0.625. The molecule has 0 fully saturated rings. The van der Waals surface area contributed by atoms with Gasteiger partial charge in [0.2, 0.25) is 0 Å². The molecule has 0 spiro atoms. The first kappa shape index (κ1) is 46.0. The maximum atomic E-state index is 2.62. The van der Waals surface area contributed by atoms with E-state index < -0.39 is 27.6 Å². The first-order valence-electron chi connectivity index (χ1n) is 20.5. The molecule has 0 heterocycles. The molecule has 3 rings (SSSR count). The molecule has 0 nitrogen and oxygen atoms in total. The summed E-state index contributed by atoms with van der Waals surface area (Å²) in [5.74, 6) is 4.45. The third kappa shape index (κ3) is 11.9. The van der Waals surface area contributed by atoms with Crippen molar-refractivity contribution in [1.82, 2.24) is 0 Å². The van der Waals surface area contributed by atoms with E-state index in [1.54, 1.807) is 48.9 Å². The van der Waals surface area contributed by atoms with E-state index in [2.05, 4.69) is 176 Å². The average molecular weight is 830 g/mol. The van der Waals surface area contributed by atoms with Gasteiger partial charge in [0, 0.05) is 8.61 Å². The van der Waals surface area contributed by atoms with Gasteiger partial charge in [-0.1, -0.05) is 161 Å². The van der Waals surface area contributed by atoms with Gasteiger partial charge in [-0.15, -0.1) is 0 Å². The van der Waals surface area contributed by atoms with Gasteiger partial charge in [0.05, 0.1) is 7.89 Å². The number of rotatable bonds is 12. The third-order valence-electron chi connectivity index (χ3n) is 10.1. The molecule has 0 amide bonds. The molecule has 0 aliphatic rings. The minimum absolute atomic E-state index is 0.475. The summed E-state index contributed by atoms with van der Waals surface area (Å²) in [5, 5.41) is 5.12. The Hall–Kier alpha value is -1.11. The minimum atomic E-state index is -1.25. The van der Waals surface area contributed by atoms with Crippen LogP contribution in [-0.4, -0.2) is 36.3 Å². The van der Waals surface area contributed by atoms with Gasteiger partial charge in [-0.2, -0.15) is 0 Å². The molecule has 0 saturated heterocycles. The summed E-state index contributed by atoms with van der Waals surface area (Å²) in [4.78, 5) is 7.09. The van der Waals surface area contributed by atoms with Crippen LogP contribution < -0.4 is 15.6 Å². The molecule has 0 aliphatic heterocycles. The Morgan fingerprint density at radius 3 is 0.725 bits per heavy atom. The van der Waals surface area contributed by atoms with Crippen LogP contribution in [0.15, 0.2) is 36.4 Å². The van der Waals surface area contributed by atoms with Gasteiger partial charge in [-0.05, 0) is 119 Å². The van der Waals surface area contributed by atoms with E-state index in [9.17, 15) is 0 Å². The van der Waals surface area contributed by atoms with Gasteiger partial charge >= 0.3 is 34.6 Å². The fourth-order valence-electron chi connectivity index (χ4n) is 6.96. The summed E-state index contributed by atoms with van der Waals surface area (Å²) in [6, 6.07) is 15.7. The Balaban J connectivity index is 0.00000213. The van der Waals surface area contributed by atoms with Gasteiger partial charge in [-0.3, -0.25) is 0 Å². The van der Waals surface area contributed by atoms with Crippen molar-refractivity contribution in [3.05, 3.63) is 86.5 Å². The van der Waals surface area contributed by atoms with Gasteiger partial charge in [0.1, 0.15) is 0 Å². The Morgan fingerprint density at radius 1 is 0.353 bits per heavy atom. The topological polar surface area (TPSA) is 0 Å². The maximum absolute atomic E-state index is 2.62. The average Bonchev–Trinajstić information content (AvgIpc) is 3.01. The molecule has 51 heavy (non-hydrogen) atoms. The molecule has 3 aromatic rings. The zero-order valence-corrected chi connectivity index (χ0v) is 42.0. The van der Waals surface area contributed by atoms with Crippen molar-refractivity contribution in [3.8, 4) is 0 Å². The van der Waals surface area contributed by atoms with E-state index in [0.717, 1.165) is 8.61 Å². The van der Waals surface area contributed by atoms with Crippen molar-refractivity contribution in [1.29, 1.82) is 0 Å². The Morgan fingerprint density at radius 2 is 0.549 bits per heavy atom. The van der Waals surface area contributed by atoms with E-state index in [-0.39, 0.29) is 0 Å². The van der Waals surface area contributed by atoms with Gasteiger partial charge in [-0.25, -0.2) is 0 Å². The van der Waals surface area contributed by atoms with E-state index in [1.165, 1.54) is 16.7 Å². The number of benzene rings is 3. The Kier molecular flexibility index (Phi) is 18.1. The van der Waals surface area contributed by atoms with Crippen molar-refractivity contribution in [2.75, 3.05) is 0 Å². The predicted octanol–water partition coefficient (Wildman–Crippen LogP) is 13.3. The van der Waals surface area contributed by atoms with E-state index in [0.29, 0.717) is 53.3 Å². The first-order valence-corrected chi connectivity index (χ1v) is 32.5. The van der Waals surface area contributed by atoms with E-state index >= 15 is 0 Å². The van der Waals surface area contributed by atoms with Crippen LogP contribution in [0.4, 0.5) is 0 Å².